The Labute approximate surface area is 155 Å². The van der Waals surface area contributed by atoms with Gasteiger partial charge >= 0.3 is 29.6 Å². The molecular weight excluding hydrogens is 315 g/mol. The van der Waals surface area contributed by atoms with Crippen molar-refractivity contribution in [1.82, 2.24) is 4.98 Å². The van der Waals surface area contributed by atoms with E-state index in [9.17, 15) is 9.90 Å². The summed E-state index contributed by atoms with van der Waals surface area (Å²) >= 11 is 5.50. The number of carbonyl (C=O) groups is 1. The van der Waals surface area contributed by atoms with E-state index in [1.54, 1.807) is 0 Å². The molecule has 0 unspecified atom stereocenters. The van der Waals surface area contributed by atoms with Crippen molar-refractivity contribution in [3.63, 3.8) is 0 Å². The fraction of sp³-hybridized carbons (Fsp3) is 0.286. The fourth-order valence-electron chi connectivity index (χ4n) is 1.85. The van der Waals surface area contributed by atoms with Gasteiger partial charge in [0.25, 0.3) is 0 Å². The molecule has 0 saturated heterocycles. The molecule has 1 aromatic heterocycles. The van der Waals surface area contributed by atoms with Crippen LogP contribution in [0.4, 0.5) is 5.13 Å². The molecule has 2 rings (SSSR count). The maximum atomic E-state index is 11.0. The van der Waals surface area contributed by atoms with Crippen molar-refractivity contribution in [2.24, 2.45) is 0 Å². The maximum absolute atomic E-state index is 11.0. The normalized spacial score (nSPS) is 11.5. The number of carbonyl (C=O) groups excluding carboxylic acids is 1. The number of nitrogens with zero attached hydrogens (tertiary/aromatic N) is 1. The molecule has 1 aromatic carbocycles. The minimum Gasteiger partial charge on any atom is -0.548 e. The number of aliphatic carboxylic acids is 1. The van der Waals surface area contributed by atoms with Crippen LogP contribution in [0.15, 0.2) is 30.3 Å². The first-order chi connectivity index (χ1) is 9.61. The first kappa shape index (κ1) is 18.5. The molecule has 21 heavy (non-hydrogen) atoms. The largest absolute Gasteiger partial charge is 1.00 e. The zero-order valence-corrected chi connectivity index (χ0v) is 15.7. The van der Waals surface area contributed by atoms with Gasteiger partial charge in [-0.05, 0) is 19.1 Å². The number of rotatable bonds is 6. The number of benzene rings is 1. The van der Waals surface area contributed by atoms with Crippen LogP contribution >= 0.6 is 24.0 Å². The molecule has 7 heteroatoms. The average molecular weight is 330 g/mol. The quantitative estimate of drug-likeness (QED) is 0.525. The monoisotopic (exact) mass is 330 g/mol. The number of anilines is 1. The fourth-order valence-corrected chi connectivity index (χ4v) is 3.00. The van der Waals surface area contributed by atoms with Gasteiger partial charge < -0.3 is 15.2 Å². The molecule has 1 heterocycles. The van der Waals surface area contributed by atoms with Crippen molar-refractivity contribution in [2.45, 2.75) is 19.4 Å². The van der Waals surface area contributed by atoms with E-state index in [-0.39, 0.29) is 29.6 Å². The molecule has 106 valence electrons. The van der Waals surface area contributed by atoms with Crippen LogP contribution in [0.2, 0.25) is 0 Å². The van der Waals surface area contributed by atoms with Gasteiger partial charge in [0.1, 0.15) is 0 Å². The molecule has 4 nitrogen and oxygen atoms in total. The summed E-state index contributed by atoms with van der Waals surface area (Å²) in [5, 5.41) is 14.5. The number of carboxylic acids is 1. The molecule has 0 fully saturated rings. The molecule has 1 N–H and O–H groups in total. The van der Waals surface area contributed by atoms with Gasteiger partial charge in [-0.25, -0.2) is 4.98 Å². The molecule has 0 bridgehead atoms. The molecule has 0 amide bonds. The molecule has 0 aliphatic heterocycles. The number of aromatic nitrogens is 1. The zero-order chi connectivity index (χ0) is 14.5. The summed E-state index contributed by atoms with van der Waals surface area (Å²) in [5.41, 5.74) is 1.90. The van der Waals surface area contributed by atoms with Crippen LogP contribution in [0, 0.1) is 6.92 Å². The number of carboxylic acid groups (broad SMARTS) is 1. The van der Waals surface area contributed by atoms with E-state index in [1.807, 2.05) is 37.3 Å². The Kier molecular flexibility index (Phi) is 7.76. The van der Waals surface area contributed by atoms with Crippen LogP contribution in [0.1, 0.15) is 11.3 Å². The number of hydrogen-bond acceptors (Lipinski definition) is 6. The van der Waals surface area contributed by atoms with Crippen molar-refractivity contribution in [3.05, 3.63) is 35.2 Å². The van der Waals surface area contributed by atoms with Crippen molar-refractivity contribution >= 4 is 35.1 Å². The van der Waals surface area contributed by atoms with E-state index in [1.165, 1.54) is 11.3 Å². The Balaban J connectivity index is 0.00000220. The van der Waals surface area contributed by atoms with Gasteiger partial charge in [-0.3, -0.25) is 0 Å². The van der Waals surface area contributed by atoms with E-state index in [0.29, 0.717) is 17.3 Å². The number of hydrogen-bond donors (Lipinski definition) is 2. The van der Waals surface area contributed by atoms with Crippen molar-refractivity contribution in [1.29, 1.82) is 0 Å². The van der Waals surface area contributed by atoms with E-state index in [2.05, 4.69) is 22.9 Å². The summed E-state index contributed by atoms with van der Waals surface area (Å²) in [5.74, 6) is -0.658. The second-order valence-electron chi connectivity index (χ2n) is 4.32. The molecule has 0 aliphatic rings. The first-order valence-corrected chi connectivity index (χ1v) is 7.68. The van der Waals surface area contributed by atoms with Gasteiger partial charge in [0.15, 0.2) is 5.13 Å². The second-order valence-corrected chi connectivity index (χ2v) is 5.97. The Morgan fingerprint density at radius 3 is 2.67 bits per heavy atom. The molecule has 1 atom stereocenters. The van der Waals surface area contributed by atoms with Crippen LogP contribution in [-0.2, 0) is 4.79 Å². The van der Waals surface area contributed by atoms with Crippen LogP contribution in [0.25, 0.3) is 11.3 Å². The Bertz CT molecular complexity index is 590. The number of thiol groups is 1. The van der Waals surface area contributed by atoms with Gasteiger partial charge in [-0.15, -0.1) is 11.3 Å². The molecule has 2 aromatic rings. The Hall–Kier alpha value is -0.530. The molecule has 0 radical (unpaired) electrons. The Morgan fingerprint density at radius 1 is 1.43 bits per heavy atom. The Morgan fingerprint density at radius 2 is 2.10 bits per heavy atom. The topological polar surface area (TPSA) is 65.0 Å². The number of thiazole rings is 1. The average Bonchev–Trinajstić information content (AvgIpc) is 2.80. The summed E-state index contributed by atoms with van der Waals surface area (Å²) in [6, 6.07) is 9.05. The third-order valence-electron chi connectivity index (χ3n) is 2.84. The second kappa shape index (κ2) is 8.80. The van der Waals surface area contributed by atoms with Crippen molar-refractivity contribution in [3.8, 4) is 11.3 Å². The van der Waals surface area contributed by atoms with Crippen LogP contribution in [0.3, 0.4) is 0 Å². The third kappa shape index (κ3) is 5.00. The summed E-state index contributed by atoms with van der Waals surface area (Å²) in [6.07, 6.45) is 0.394. The number of aryl methyl sites for hydroxylation is 1. The van der Waals surface area contributed by atoms with Crippen molar-refractivity contribution < 1.29 is 39.5 Å². The summed E-state index contributed by atoms with van der Waals surface area (Å²) < 4.78 is 0. The molecule has 0 aliphatic carbocycles. The summed E-state index contributed by atoms with van der Waals surface area (Å²) in [6.45, 7) is 1.97. The third-order valence-corrected chi connectivity index (χ3v) is 4.00. The van der Waals surface area contributed by atoms with E-state index in [4.69, 9.17) is 0 Å². The molecular formula is C14H15N2NaO2S2. The minimum absolute atomic E-state index is 0. The van der Waals surface area contributed by atoms with E-state index in [0.717, 1.165) is 16.1 Å². The minimum atomic E-state index is -1.13. The van der Waals surface area contributed by atoms with Gasteiger partial charge in [0, 0.05) is 10.4 Å². The summed E-state index contributed by atoms with van der Waals surface area (Å²) in [4.78, 5) is 16.5. The molecule has 0 saturated carbocycles. The van der Waals surface area contributed by atoms with Gasteiger partial charge in [0.05, 0.1) is 17.7 Å². The van der Waals surface area contributed by atoms with Crippen molar-refractivity contribution in [2.75, 3.05) is 11.1 Å². The van der Waals surface area contributed by atoms with E-state index >= 15 is 0 Å². The van der Waals surface area contributed by atoms with E-state index < -0.39 is 12.0 Å². The van der Waals surface area contributed by atoms with Crippen LogP contribution < -0.4 is 40.0 Å². The summed E-state index contributed by atoms with van der Waals surface area (Å²) in [7, 11) is 0. The number of nitrogens with one attached hydrogen (secondary N) is 1. The smallest absolute Gasteiger partial charge is 0.548 e. The van der Waals surface area contributed by atoms with Crippen LogP contribution in [-0.4, -0.2) is 22.7 Å². The predicted octanol–water partition coefficient (Wildman–Crippen LogP) is -1.03. The zero-order valence-electron chi connectivity index (χ0n) is 12.0. The van der Waals surface area contributed by atoms with Gasteiger partial charge in [0.2, 0.25) is 0 Å². The first-order valence-electron chi connectivity index (χ1n) is 6.23. The predicted molar refractivity (Wildman–Crippen MR) is 83.2 cm³/mol. The van der Waals surface area contributed by atoms with Crippen LogP contribution in [0.5, 0.6) is 0 Å². The van der Waals surface area contributed by atoms with Gasteiger partial charge in [-0.2, -0.15) is 12.6 Å². The maximum Gasteiger partial charge on any atom is 1.00 e. The standard InChI is InChI=1S/C14H16N2O2S2.Na/c1-9-12(10-5-3-2-4-6-10)16-14(20-9)15-11(7-8-19)13(17)18;/h2-6,11,19H,7-8H2,1H3,(H,15,16)(H,17,18);/q;+1/p-1/t11-;/m0./s1. The SMILES string of the molecule is Cc1sc(N[C@@H](CCS)C(=O)[O-])nc1-c1ccccc1.[Na+]. The molecule has 0 spiro atoms. The van der Waals surface area contributed by atoms with Gasteiger partial charge in [-0.1, -0.05) is 30.3 Å².